The van der Waals surface area contributed by atoms with Crippen LogP contribution in [0.1, 0.15) is 31.8 Å². The monoisotopic (exact) mass is 287 g/mol. The zero-order valence-corrected chi connectivity index (χ0v) is 12.0. The van der Waals surface area contributed by atoms with Crippen molar-refractivity contribution in [1.82, 2.24) is 4.57 Å². The Bertz CT molecular complexity index is 920. The van der Waals surface area contributed by atoms with Gasteiger partial charge >= 0.3 is 0 Å². The molecule has 0 saturated heterocycles. The average molecular weight is 287 g/mol. The molecule has 0 unspecified atom stereocenters. The van der Waals surface area contributed by atoms with Crippen molar-refractivity contribution in [3.8, 4) is 11.3 Å². The number of aromatic nitrogens is 1. The molecule has 0 bridgehead atoms. The summed E-state index contributed by atoms with van der Waals surface area (Å²) in [6.07, 6.45) is 1.76. The van der Waals surface area contributed by atoms with Gasteiger partial charge in [-0.05, 0) is 5.56 Å². The maximum Gasteiger partial charge on any atom is 0.196 e. The van der Waals surface area contributed by atoms with Crippen LogP contribution < -0.4 is 0 Å². The van der Waals surface area contributed by atoms with Gasteiger partial charge in [0.1, 0.15) is 0 Å². The molecule has 0 spiro atoms. The number of hydrogen-bond donors (Lipinski definition) is 0. The first-order valence-electron chi connectivity index (χ1n) is 7.11. The first kappa shape index (κ1) is 12.8. The van der Waals surface area contributed by atoms with Crippen molar-refractivity contribution in [2.75, 3.05) is 0 Å². The van der Waals surface area contributed by atoms with E-state index in [2.05, 4.69) is 0 Å². The van der Waals surface area contributed by atoms with Gasteiger partial charge in [0.15, 0.2) is 11.6 Å². The molecule has 4 rings (SSSR count). The van der Waals surface area contributed by atoms with Crippen LogP contribution in [0.2, 0.25) is 0 Å². The zero-order chi connectivity index (χ0) is 15.3. The molecule has 0 aliphatic heterocycles. The van der Waals surface area contributed by atoms with Crippen LogP contribution in [-0.2, 0) is 7.05 Å². The number of fused-ring (bicyclic) bond motifs is 2. The summed E-state index contributed by atoms with van der Waals surface area (Å²) in [7, 11) is 1.87. The molecule has 0 radical (unpaired) electrons. The highest BCUT2D eigenvalue weighted by molar-refractivity contribution is 6.30. The number of carbonyl (C=O) groups is 2. The summed E-state index contributed by atoms with van der Waals surface area (Å²) in [6.45, 7) is 0. The first-order valence-corrected chi connectivity index (χ1v) is 7.11. The third-order valence-corrected chi connectivity index (χ3v) is 4.12. The maximum absolute atomic E-state index is 12.9. The van der Waals surface area contributed by atoms with Crippen molar-refractivity contribution in [2.24, 2.45) is 7.05 Å². The van der Waals surface area contributed by atoms with Crippen molar-refractivity contribution in [2.45, 2.75) is 0 Å². The largest absolute Gasteiger partial charge is 0.349 e. The Hall–Kier alpha value is -2.94. The Labute approximate surface area is 127 Å². The molecule has 1 aliphatic carbocycles. The predicted octanol–water partition coefficient (Wildman–Crippen LogP) is 3.47. The van der Waals surface area contributed by atoms with Crippen LogP contribution in [0.4, 0.5) is 0 Å². The van der Waals surface area contributed by atoms with Gasteiger partial charge < -0.3 is 4.57 Å². The number of rotatable bonds is 1. The molecular weight excluding hydrogens is 274 g/mol. The summed E-state index contributed by atoms with van der Waals surface area (Å²) in [5.74, 6) is -0.160. The summed E-state index contributed by atoms with van der Waals surface area (Å²) >= 11 is 0. The van der Waals surface area contributed by atoms with Crippen molar-refractivity contribution in [1.29, 1.82) is 0 Å². The Balaban J connectivity index is 2.03. The molecule has 3 aromatic rings. The summed E-state index contributed by atoms with van der Waals surface area (Å²) in [5.41, 5.74) is 3.71. The van der Waals surface area contributed by atoms with Gasteiger partial charge in [-0.25, -0.2) is 0 Å². The lowest BCUT2D eigenvalue weighted by Crippen LogP contribution is -2.19. The summed E-state index contributed by atoms with van der Waals surface area (Å²) in [6, 6.07) is 16.7. The normalized spacial score (nSPS) is 13.0. The molecule has 3 heteroatoms. The van der Waals surface area contributed by atoms with Gasteiger partial charge in [-0.2, -0.15) is 0 Å². The molecule has 1 aromatic heterocycles. The fraction of sp³-hybridized carbons (Fsp3) is 0.0526. The summed E-state index contributed by atoms with van der Waals surface area (Å²) in [5, 5.41) is 0. The van der Waals surface area contributed by atoms with E-state index in [1.165, 1.54) is 0 Å². The number of hydrogen-bond acceptors (Lipinski definition) is 2. The van der Waals surface area contributed by atoms with Gasteiger partial charge in [0.2, 0.25) is 0 Å². The van der Waals surface area contributed by atoms with Gasteiger partial charge in [0, 0.05) is 24.4 Å². The zero-order valence-electron chi connectivity index (χ0n) is 12.0. The molecule has 0 fully saturated rings. The van der Waals surface area contributed by atoms with Crippen LogP contribution in [0.5, 0.6) is 0 Å². The predicted molar refractivity (Wildman–Crippen MR) is 84.2 cm³/mol. The van der Waals surface area contributed by atoms with Crippen LogP contribution in [0.25, 0.3) is 11.3 Å². The van der Waals surface area contributed by atoms with E-state index < -0.39 is 0 Å². The number of carbonyl (C=O) groups excluding carboxylic acids is 2. The number of aryl methyl sites for hydroxylation is 1. The molecular formula is C19H13NO2. The standard InChI is InChI=1S/C19H13NO2/c1-20-11-15-16(17(20)12-7-3-2-4-8-12)19(22)14-10-6-5-9-13(14)18(15)21/h2-11H,1H3. The first-order chi connectivity index (χ1) is 10.7. The van der Waals surface area contributed by atoms with Gasteiger partial charge in [0.05, 0.1) is 16.8 Å². The molecule has 0 N–H and O–H groups in total. The van der Waals surface area contributed by atoms with Crippen LogP contribution >= 0.6 is 0 Å². The van der Waals surface area contributed by atoms with Gasteiger partial charge in [-0.1, -0.05) is 54.6 Å². The second-order valence-corrected chi connectivity index (χ2v) is 5.45. The second-order valence-electron chi connectivity index (χ2n) is 5.45. The van der Waals surface area contributed by atoms with E-state index in [0.29, 0.717) is 22.3 Å². The van der Waals surface area contributed by atoms with E-state index in [0.717, 1.165) is 11.3 Å². The Morgan fingerprint density at radius 1 is 0.727 bits per heavy atom. The lowest BCUT2D eigenvalue weighted by molar-refractivity contribution is 0.0980. The van der Waals surface area contributed by atoms with Gasteiger partial charge in [-0.3, -0.25) is 9.59 Å². The van der Waals surface area contributed by atoms with E-state index in [1.54, 1.807) is 30.5 Å². The van der Waals surface area contributed by atoms with E-state index in [-0.39, 0.29) is 11.6 Å². The lowest BCUT2D eigenvalue weighted by atomic mass is 9.84. The van der Waals surface area contributed by atoms with Crippen LogP contribution in [0.15, 0.2) is 60.8 Å². The molecule has 2 aromatic carbocycles. The van der Waals surface area contributed by atoms with Gasteiger partial charge in [-0.15, -0.1) is 0 Å². The van der Waals surface area contributed by atoms with Crippen molar-refractivity contribution in [3.05, 3.63) is 83.0 Å². The smallest absolute Gasteiger partial charge is 0.196 e. The Kier molecular flexibility index (Phi) is 2.63. The number of nitrogens with zero attached hydrogens (tertiary/aromatic N) is 1. The van der Waals surface area contributed by atoms with Crippen molar-refractivity contribution in [3.63, 3.8) is 0 Å². The van der Waals surface area contributed by atoms with Crippen LogP contribution in [0.3, 0.4) is 0 Å². The molecule has 3 nitrogen and oxygen atoms in total. The van der Waals surface area contributed by atoms with Crippen LogP contribution in [0, 0.1) is 0 Å². The summed E-state index contributed by atoms with van der Waals surface area (Å²) < 4.78 is 1.86. The van der Waals surface area contributed by atoms with E-state index in [4.69, 9.17) is 0 Å². The molecule has 0 saturated carbocycles. The third-order valence-electron chi connectivity index (χ3n) is 4.12. The minimum absolute atomic E-state index is 0.0790. The number of ketones is 2. The maximum atomic E-state index is 12.9. The Morgan fingerprint density at radius 2 is 1.32 bits per heavy atom. The summed E-state index contributed by atoms with van der Waals surface area (Å²) in [4.78, 5) is 25.6. The quantitative estimate of drug-likeness (QED) is 0.538. The van der Waals surface area contributed by atoms with Gasteiger partial charge in [0.25, 0.3) is 0 Å². The molecule has 1 heterocycles. The fourth-order valence-electron chi connectivity index (χ4n) is 3.13. The number of benzene rings is 2. The van der Waals surface area contributed by atoms with E-state index in [9.17, 15) is 9.59 Å². The highest BCUT2D eigenvalue weighted by atomic mass is 16.1. The molecule has 0 amide bonds. The molecule has 22 heavy (non-hydrogen) atoms. The lowest BCUT2D eigenvalue weighted by Gasteiger charge is -2.15. The fourth-order valence-corrected chi connectivity index (χ4v) is 3.13. The van der Waals surface area contributed by atoms with Crippen LogP contribution in [-0.4, -0.2) is 16.1 Å². The SMILES string of the molecule is Cn1cc2c(c1-c1ccccc1)C(=O)c1ccccc1C2=O. The minimum Gasteiger partial charge on any atom is -0.349 e. The average Bonchev–Trinajstić information content (AvgIpc) is 2.91. The van der Waals surface area contributed by atoms with E-state index in [1.807, 2.05) is 41.9 Å². The minimum atomic E-state index is -0.0806. The van der Waals surface area contributed by atoms with E-state index >= 15 is 0 Å². The van der Waals surface area contributed by atoms with Crippen molar-refractivity contribution >= 4 is 11.6 Å². The highest BCUT2D eigenvalue weighted by Gasteiger charge is 2.33. The third kappa shape index (κ3) is 1.62. The second kappa shape index (κ2) is 4.53. The Morgan fingerprint density at radius 3 is 2.00 bits per heavy atom. The highest BCUT2D eigenvalue weighted by Crippen LogP contribution is 2.35. The molecule has 0 atom stereocenters. The topological polar surface area (TPSA) is 39.1 Å². The van der Waals surface area contributed by atoms with Crippen molar-refractivity contribution < 1.29 is 9.59 Å². The molecule has 1 aliphatic rings. The molecule has 106 valence electrons.